The number of hydrogen-bond donors (Lipinski definition) is 1. The highest BCUT2D eigenvalue weighted by molar-refractivity contribution is 5.76. The number of ether oxygens (including phenoxy) is 1. The van der Waals surface area contributed by atoms with Crippen LogP contribution in [0.15, 0.2) is 0 Å². The number of nitrogens with one attached hydrogen (secondary N) is 1. The van der Waals surface area contributed by atoms with Gasteiger partial charge in [-0.15, -0.1) is 0 Å². The van der Waals surface area contributed by atoms with Gasteiger partial charge in [0.1, 0.15) is 0 Å². The Morgan fingerprint density at radius 3 is 2.68 bits per heavy atom. The molecular weight excluding hydrogens is 240 g/mol. The van der Waals surface area contributed by atoms with Crippen molar-refractivity contribution in [3.05, 3.63) is 0 Å². The summed E-state index contributed by atoms with van der Waals surface area (Å²) in [7, 11) is 1.70. The lowest BCUT2D eigenvalue weighted by molar-refractivity contribution is -0.134. The van der Waals surface area contributed by atoms with Gasteiger partial charge in [0.25, 0.3) is 0 Å². The fourth-order valence-electron chi connectivity index (χ4n) is 2.55. The first kappa shape index (κ1) is 16.4. The van der Waals surface area contributed by atoms with E-state index in [9.17, 15) is 4.79 Å². The van der Waals surface area contributed by atoms with Crippen LogP contribution in [-0.4, -0.2) is 49.7 Å². The number of carbonyl (C=O) groups is 1. The van der Waals surface area contributed by atoms with Crippen LogP contribution < -0.4 is 5.32 Å². The third kappa shape index (κ3) is 5.91. The van der Waals surface area contributed by atoms with Crippen LogP contribution >= 0.6 is 0 Å². The molecule has 1 saturated heterocycles. The van der Waals surface area contributed by atoms with Gasteiger partial charge >= 0.3 is 0 Å². The molecule has 4 heteroatoms. The van der Waals surface area contributed by atoms with E-state index in [0.717, 1.165) is 26.1 Å². The Labute approximate surface area is 117 Å². The molecule has 2 atom stereocenters. The Kier molecular flexibility index (Phi) is 7.39. The van der Waals surface area contributed by atoms with Gasteiger partial charge in [-0.05, 0) is 59.0 Å². The molecule has 0 radical (unpaired) electrons. The van der Waals surface area contributed by atoms with E-state index in [2.05, 4.69) is 19.2 Å². The summed E-state index contributed by atoms with van der Waals surface area (Å²) < 4.78 is 5.21. The monoisotopic (exact) mass is 270 g/mol. The smallest absolute Gasteiger partial charge is 0.222 e. The summed E-state index contributed by atoms with van der Waals surface area (Å²) >= 11 is 0. The third-order valence-corrected chi connectivity index (χ3v) is 3.96. The van der Waals surface area contributed by atoms with Crippen LogP contribution in [0.2, 0.25) is 0 Å². The molecule has 0 saturated carbocycles. The molecule has 0 bridgehead atoms. The molecule has 0 spiro atoms. The van der Waals surface area contributed by atoms with Crippen molar-refractivity contribution in [3.63, 3.8) is 0 Å². The second-order valence-electron chi connectivity index (χ2n) is 5.94. The average Bonchev–Trinajstić information content (AvgIpc) is 2.42. The Hall–Kier alpha value is -0.610. The van der Waals surface area contributed by atoms with E-state index in [1.807, 2.05) is 11.8 Å². The van der Waals surface area contributed by atoms with Gasteiger partial charge in [-0.2, -0.15) is 0 Å². The van der Waals surface area contributed by atoms with Crippen molar-refractivity contribution in [2.75, 3.05) is 26.7 Å². The summed E-state index contributed by atoms with van der Waals surface area (Å²) in [6.07, 6.45) is 4.02. The van der Waals surface area contributed by atoms with E-state index >= 15 is 0 Å². The summed E-state index contributed by atoms with van der Waals surface area (Å²) in [5.74, 6) is 0.879. The number of carbonyl (C=O) groups excluding carboxylic acids is 1. The van der Waals surface area contributed by atoms with E-state index in [1.54, 1.807) is 7.11 Å². The molecular formula is C15H30N2O2. The van der Waals surface area contributed by atoms with Crippen molar-refractivity contribution in [2.45, 2.75) is 58.6 Å². The predicted octanol–water partition coefficient (Wildman–Crippen LogP) is 2.04. The Balaban J connectivity index is 2.43. The molecule has 2 unspecified atom stereocenters. The number of rotatable bonds is 7. The van der Waals surface area contributed by atoms with Crippen LogP contribution in [-0.2, 0) is 9.53 Å². The normalized spacial score (nSPS) is 21.4. The summed E-state index contributed by atoms with van der Waals surface area (Å²) in [6.45, 7) is 9.28. The molecule has 19 heavy (non-hydrogen) atoms. The Morgan fingerprint density at radius 1 is 1.42 bits per heavy atom. The molecule has 1 rings (SSSR count). The zero-order valence-corrected chi connectivity index (χ0v) is 12.9. The minimum atomic E-state index is 0.161. The van der Waals surface area contributed by atoms with Crippen LogP contribution in [0.3, 0.4) is 0 Å². The first-order chi connectivity index (χ1) is 9.04. The summed E-state index contributed by atoms with van der Waals surface area (Å²) in [6, 6.07) is 0.285. The molecule has 4 nitrogen and oxygen atoms in total. The maximum atomic E-state index is 12.3. The lowest BCUT2D eigenvalue weighted by Gasteiger charge is -2.33. The molecule has 0 aromatic heterocycles. The predicted molar refractivity (Wildman–Crippen MR) is 78.1 cm³/mol. The van der Waals surface area contributed by atoms with Gasteiger partial charge in [0.15, 0.2) is 0 Å². The highest BCUT2D eigenvalue weighted by Gasteiger charge is 2.22. The zero-order chi connectivity index (χ0) is 14.3. The lowest BCUT2D eigenvalue weighted by Crippen LogP contribution is -2.44. The van der Waals surface area contributed by atoms with E-state index in [-0.39, 0.29) is 18.1 Å². The highest BCUT2D eigenvalue weighted by atomic mass is 16.5. The number of methoxy groups -OCH3 is 1. The van der Waals surface area contributed by atoms with Crippen molar-refractivity contribution in [1.29, 1.82) is 0 Å². The van der Waals surface area contributed by atoms with Gasteiger partial charge in [-0.3, -0.25) is 4.79 Å². The number of hydrogen-bond acceptors (Lipinski definition) is 3. The van der Waals surface area contributed by atoms with E-state index in [0.29, 0.717) is 12.3 Å². The zero-order valence-electron chi connectivity index (χ0n) is 12.9. The molecule has 1 aliphatic heterocycles. The molecule has 1 aliphatic rings. The standard InChI is InChI=1S/C15H30N2O2/c1-12(2)17(11-14-6-5-9-16-10-14)15(18)8-7-13(3)19-4/h12-14,16H,5-11H2,1-4H3. The fourth-order valence-corrected chi connectivity index (χ4v) is 2.55. The second kappa shape index (κ2) is 8.54. The van der Waals surface area contributed by atoms with Gasteiger partial charge < -0.3 is 15.0 Å². The quantitative estimate of drug-likeness (QED) is 0.770. The van der Waals surface area contributed by atoms with Crippen molar-refractivity contribution >= 4 is 5.91 Å². The second-order valence-corrected chi connectivity index (χ2v) is 5.94. The number of amides is 1. The van der Waals surface area contributed by atoms with Crippen LogP contribution in [0.25, 0.3) is 0 Å². The molecule has 0 aromatic rings. The lowest BCUT2D eigenvalue weighted by atomic mass is 9.98. The van der Waals surface area contributed by atoms with Crippen molar-refractivity contribution in [1.82, 2.24) is 10.2 Å². The molecule has 1 amide bonds. The Bertz CT molecular complexity index is 263. The fraction of sp³-hybridized carbons (Fsp3) is 0.933. The molecule has 0 aliphatic carbocycles. The third-order valence-electron chi connectivity index (χ3n) is 3.96. The average molecular weight is 270 g/mol. The summed E-state index contributed by atoms with van der Waals surface area (Å²) in [4.78, 5) is 14.4. The molecule has 0 aromatic carbocycles. The van der Waals surface area contributed by atoms with Gasteiger partial charge in [0.05, 0.1) is 6.10 Å². The largest absolute Gasteiger partial charge is 0.382 e. The van der Waals surface area contributed by atoms with Crippen molar-refractivity contribution in [2.24, 2.45) is 5.92 Å². The van der Waals surface area contributed by atoms with Crippen LogP contribution in [0.4, 0.5) is 0 Å². The minimum absolute atomic E-state index is 0.161. The Morgan fingerprint density at radius 2 is 2.16 bits per heavy atom. The molecule has 112 valence electrons. The topological polar surface area (TPSA) is 41.6 Å². The van der Waals surface area contributed by atoms with Crippen molar-refractivity contribution in [3.8, 4) is 0 Å². The first-order valence-corrected chi connectivity index (χ1v) is 7.57. The molecule has 1 fully saturated rings. The van der Waals surface area contributed by atoms with E-state index in [1.165, 1.54) is 12.8 Å². The summed E-state index contributed by atoms with van der Waals surface area (Å²) in [5, 5.41) is 3.42. The number of nitrogens with zero attached hydrogens (tertiary/aromatic N) is 1. The van der Waals surface area contributed by atoms with E-state index < -0.39 is 0 Å². The van der Waals surface area contributed by atoms with Gasteiger partial charge in [0, 0.05) is 26.1 Å². The SMILES string of the molecule is COC(C)CCC(=O)N(CC1CCCNC1)C(C)C. The number of piperidine rings is 1. The van der Waals surface area contributed by atoms with E-state index in [4.69, 9.17) is 4.74 Å². The molecule has 1 N–H and O–H groups in total. The first-order valence-electron chi connectivity index (χ1n) is 7.57. The van der Waals surface area contributed by atoms with Gasteiger partial charge in [-0.1, -0.05) is 0 Å². The van der Waals surface area contributed by atoms with Crippen LogP contribution in [0.1, 0.15) is 46.5 Å². The summed E-state index contributed by atoms with van der Waals surface area (Å²) in [5.41, 5.74) is 0. The maximum Gasteiger partial charge on any atom is 0.222 e. The van der Waals surface area contributed by atoms with Crippen LogP contribution in [0, 0.1) is 5.92 Å². The molecule has 1 heterocycles. The van der Waals surface area contributed by atoms with Gasteiger partial charge in [-0.25, -0.2) is 0 Å². The maximum absolute atomic E-state index is 12.3. The minimum Gasteiger partial charge on any atom is -0.382 e. The van der Waals surface area contributed by atoms with Crippen molar-refractivity contribution < 1.29 is 9.53 Å². The van der Waals surface area contributed by atoms with Gasteiger partial charge in [0.2, 0.25) is 5.91 Å². The van der Waals surface area contributed by atoms with Crippen LogP contribution in [0.5, 0.6) is 0 Å². The highest BCUT2D eigenvalue weighted by Crippen LogP contribution is 2.15.